The molecule has 4 saturated heterocycles. The summed E-state index contributed by atoms with van der Waals surface area (Å²) in [6, 6.07) is 13.8. The fourth-order valence-corrected chi connectivity index (χ4v) is 5.59. The Hall–Kier alpha value is -2.51. The van der Waals surface area contributed by atoms with Gasteiger partial charge in [-0.2, -0.15) is 5.10 Å². The van der Waals surface area contributed by atoms with Crippen LogP contribution in [0.15, 0.2) is 47.3 Å². The Bertz CT molecular complexity index is 957. The van der Waals surface area contributed by atoms with Crippen LogP contribution in [0.25, 0.3) is 0 Å². The maximum atomic E-state index is 13.0. The Kier molecular flexibility index (Phi) is 4.52. The zero-order valence-electron chi connectivity index (χ0n) is 16.8. The van der Waals surface area contributed by atoms with Crippen molar-refractivity contribution < 1.29 is 4.79 Å². The number of hydrogen-bond donors (Lipinski definition) is 1. The van der Waals surface area contributed by atoms with Crippen LogP contribution < -0.4 is 10.9 Å². The van der Waals surface area contributed by atoms with Gasteiger partial charge in [0.25, 0.3) is 5.56 Å². The Labute approximate surface area is 170 Å². The summed E-state index contributed by atoms with van der Waals surface area (Å²) in [4.78, 5) is 30.2. The van der Waals surface area contributed by atoms with Gasteiger partial charge in [0, 0.05) is 62.7 Å². The van der Waals surface area contributed by atoms with E-state index in [1.165, 1.54) is 16.3 Å². The molecule has 0 saturated carbocycles. The Morgan fingerprint density at radius 3 is 2.48 bits per heavy atom. The molecule has 1 amide bonds. The van der Waals surface area contributed by atoms with Crippen molar-refractivity contribution in [2.75, 3.05) is 39.3 Å². The first kappa shape index (κ1) is 18.5. The number of rotatable bonds is 4. The van der Waals surface area contributed by atoms with Gasteiger partial charge >= 0.3 is 0 Å². The first-order valence-corrected chi connectivity index (χ1v) is 10.4. The standard InChI is InChI=1S/C22H27N5O2/c1-16-7-8-20(29)27(24-16)13-19(28)23-21-17-11-25-9-10-26(12-17)15-22(21,14-25)18-5-3-2-4-6-18/h2-8,17,21H,9-15H2,1H3,(H,23,28)/t17?,21-,22?/m0/s1. The van der Waals surface area contributed by atoms with Gasteiger partial charge in [-0.25, -0.2) is 4.68 Å². The highest BCUT2D eigenvalue weighted by Gasteiger charge is 2.55. The molecule has 0 spiro atoms. The second-order valence-electron chi connectivity index (χ2n) is 8.77. The predicted octanol–water partition coefficient (Wildman–Crippen LogP) is 0.236. The second-order valence-corrected chi connectivity index (χ2v) is 8.77. The predicted molar refractivity (Wildman–Crippen MR) is 110 cm³/mol. The van der Waals surface area contributed by atoms with Gasteiger partial charge in [-0.1, -0.05) is 30.3 Å². The maximum Gasteiger partial charge on any atom is 0.267 e. The number of amides is 1. The van der Waals surface area contributed by atoms with E-state index in [1.54, 1.807) is 6.07 Å². The van der Waals surface area contributed by atoms with E-state index in [-0.39, 0.29) is 29.5 Å². The summed E-state index contributed by atoms with van der Waals surface area (Å²) in [7, 11) is 0. The lowest BCUT2D eigenvalue weighted by molar-refractivity contribution is -0.125. The molecule has 7 heteroatoms. The number of nitrogens with one attached hydrogen (secondary N) is 1. The van der Waals surface area contributed by atoms with Gasteiger partial charge in [0.2, 0.25) is 5.91 Å². The van der Waals surface area contributed by atoms with Crippen LogP contribution in [0.5, 0.6) is 0 Å². The van der Waals surface area contributed by atoms with Crippen LogP contribution in [0, 0.1) is 12.8 Å². The molecule has 1 aromatic carbocycles. The molecule has 2 aromatic rings. The average molecular weight is 393 g/mol. The van der Waals surface area contributed by atoms with Crippen molar-refractivity contribution in [3.8, 4) is 0 Å². The van der Waals surface area contributed by atoms with Crippen LogP contribution in [-0.2, 0) is 16.8 Å². The summed E-state index contributed by atoms with van der Waals surface area (Å²) in [5.74, 6) is 0.244. The lowest BCUT2D eigenvalue weighted by Crippen LogP contribution is -2.70. The van der Waals surface area contributed by atoms with Crippen LogP contribution in [0.1, 0.15) is 11.3 Å². The van der Waals surface area contributed by atoms with Crippen molar-refractivity contribution in [1.29, 1.82) is 0 Å². The van der Waals surface area contributed by atoms with Crippen LogP contribution in [-0.4, -0.2) is 70.8 Å². The molecule has 4 fully saturated rings. The maximum absolute atomic E-state index is 13.0. The summed E-state index contributed by atoms with van der Waals surface area (Å²) >= 11 is 0. The molecule has 0 radical (unpaired) electrons. The molecule has 2 unspecified atom stereocenters. The molecule has 4 aliphatic rings. The first-order chi connectivity index (χ1) is 14.0. The number of fused-ring (bicyclic) bond motifs is 1. The van der Waals surface area contributed by atoms with E-state index >= 15 is 0 Å². The normalized spacial score (nSPS) is 32.7. The second kappa shape index (κ2) is 7.07. The third kappa shape index (κ3) is 3.28. The van der Waals surface area contributed by atoms with Crippen LogP contribution in [0.3, 0.4) is 0 Å². The number of aryl methyl sites for hydroxylation is 1. The summed E-state index contributed by atoms with van der Waals surface area (Å²) in [6.45, 7) is 7.90. The van der Waals surface area contributed by atoms with E-state index in [0.29, 0.717) is 5.92 Å². The molecule has 1 aromatic heterocycles. The number of piperidine rings is 2. The lowest BCUT2D eigenvalue weighted by atomic mass is 9.64. The van der Waals surface area contributed by atoms with Gasteiger partial charge in [-0.05, 0) is 18.6 Å². The molecule has 6 rings (SSSR count). The molecule has 152 valence electrons. The Balaban J connectivity index is 1.45. The molecule has 29 heavy (non-hydrogen) atoms. The van der Waals surface area contributed by atoms with E-state index in [4.69, 9.17) is 0 Å². The van der Waals surface area contributed by atoms with Crippen molar-refractivity contribution in [3.05, 3.63) is 64.1 Å². The smallest absolute Gasteiger partial charge is 0.267 e. The number of aromatic nitrogens is 2. The van der Waals surface area contributed by atoms with Crippen molar-refractivity contribution in [3.63, 3.8) is 0 Å². The molecular weight excluding hydrogens is 366 g/mol. The highest BCUT2D eigenvalue weighted by molar-refractivity contribution is 5.76. The zero-order chi connectivity index (χ0) is 20.0. The fraction of sp³-hybridized carbons (Fsp3) is 0.500. The fourth-order valence-electron chi connectivity index (χ4n) is 5.59. The molecule has 1 N–H and O–H groups in total. The van der Waals surface area contributed by atoms with Crippen molar-refractivity contribution in [2.45, 2.75) is 24.9 Å². The Morgan fingerprint density at radius 2 is 1.79 bits per heavy atom. The number of benzene rings is 1. The van der Waals surface area contributed by atoms with E-state index < -0.39 is 0 Å². The summed E-state index contributed by atoms with van der Waals surface area (Å²) in [6.07, 6.45) is 0. The van der Waals surface area contributed by atoms with Crippen molar-refractivity contribution in [1.82, 2.24) is 24.9 Å². The minimum Gasteiger partial charge on any atom is -0.350 e. The molecule has 4 bridgehead atoms. The quantitative estimate of drug-likeness (QED) is 0.806. The number of carbonyl (C=O) groups excluding carboxylic acids is 1. The SMILES string of the molecule is Cc1ccc(=O)n(CC(=O)N[C@H]2C3CN4CCN(C3)CC2(c2ccccc2)C4)n1. The molecule has 0 aliphatic carbocycles. The van der Waals surface area contributed by atoms with Crippen molar-refractivity contribution >= 4 is 5.91 Å². The van der Waals surface area contributed by atoms with Gasteiger partial charge in [0.15, 0.2) is 0 Å². The molecule has 3 atom stereocenters. The molecule has 4 aliphatic heterocycles. The van der Waals surface area contributed by atoms with E-state index in [0.717, 1.165) is 45.0 Å². The van der Waals surface area contributed by atoms with Gasteiger partial charge in [-0.15, -0.1) is 0 Å². The van der Waals surface area contributed by atoms with Crippen LogP contribution in [0.2, 0.25) is 0 Å². The van der Waals surface area contributed by atoms with Gasteiger partial charge in [0.1, 0.15) is 6.54 Å². The van der Waals surface area contributed by atoms with Gasteiger partial charge in [-0.3, -0.25) is 9.59 Å². The number of hydrogen-bond acceptors (Lipinski definition) is 5. The topological polar surface area (TPSA) is 70.5 Å². The van der Waals surface area contributed by atoms with E-state index in [9.17, 15) is 9.59 Å². The molecular formula is C22H27N5O2. The van der Waals surface area contributed by atoms with Crippen LogP contribution in [0.4, 0.5) is 0 Å². The van der Waals surface area contributed by atoms with E-state index in [1.807, 2.05) is 13.0 Å². The number of nitrogens with zero attached hydrogens (tertiary/aromatic N) is 4. The first-order valence-electron chi connectivity index (χ1n) is 10.4. The monoisotopic (exact) mass is 393 g/mol. The summed E-state index contributed by atoms with van der Waals surface area (Å²) in [5, 5.41) is 7.55. The third-order valence-corrected chi connectivity index (χ3v) is 6.75. The average Bonchev–Trinajstić information content (AvgIpc) is 2.96. The molecule has 7 nitrogen and oxygen atoms in total. The zero-order valence-corrected chi connectivity index (χ0v) is 16.8. The minimum absolute atomic E-state index is 0.0397. The lowest BCUT2D eigenvalue weighted by Gasteiger charge is -2.55. The highest BCUT2D eigenvalue weighted by atomic mass is 16.2. The van der Waals surface area contributed by atoms with Gasteiger partial charge in [0.05, 0.1) is 5.69 Å². The van der Waals surface area contributed by atoms with Crippen LogP contribution >= 0.6 is 0 Å². The highest BCUT2D eigenvalue weighted by Crippen LogP contribution is 2.43. The summed E-state index contributed by atoms with van der Waals surface area (Å²) in [5.41, 5.74) is 1.64. The summed E-state index contributed by atoms with van der Waals surface area (Å²) < 4.78 is 1.26. The number of carbonyl (C=O) groups is 1. The van der Waals surface area contributed by atoms with E-state index in [2.05, 4.69) is 44.5 Å². The third-order valence-electron chi connectivity index (χ3n) is 6.75. The van der Waals surface area contributed by atoms with Gasteiger partial charge < -0.3 is 15.1 Å². The van der Waals surface area contributed by atoms with Crippen molar-refractivity contribution in [2.24, 2.45) is 5.92 Å². The Morgan fingerprint density at radius 1 is 1.10 bits per heavy atom. The molecule has 5 heterocycles. The minimum atomic E-state index is -0.248. The largest absolute Gasteiger partial charge is 0.350 e.